The van der Waals surface area contributed by atoms with E-state index in [1.807, 2.05) is 11.3 Å². The molecule has 3 rings (SSSR count). The Morgan fingerprint density at radius 1 is 0.958 bits per heavy atom. The average molecular weight is 449 g/mol. The molecular formula is C21H24INS. The molecule has 0 bridgehead atoms. The van der Waals surface area contributed by atoms with Crippen molar-refractivity contribution < 1.29 is 0 Å². The smallest absolute Gasteiger partial charge is 0.124 e. The largest absolute Gasteiger partial charge is 0.236 e. The molecule has 0 aliphatic rings. The summed E-state index contributed by atoms with van der Waals surface area (Å²) in [6.45, 7) is 2.27. The number of hydrogen-bond donors (Lipinski definition) is 0. The van der Waals surface area contributed by atoms with Gasteiger partial charge in [-0.2, -0.15) is 0 Å². The number of aromatic nitrogens is 1. The summed E-state index contributed by atoms with van der Waals surface area (Å²) < 4.78 is 2.67. The van der Waals surface area contributed by atoms with Crippen LogP contribution in [0, 0.1) is 3.57 Å². The van der Waals surface area contributed by atoms with Crippen molar-refractivity contribution >= 4 is 44.1 Å². The first-order valence-corrected chi connectivity index (χ1v) is 10.8. The van der Waals surface area contributed by atoms with Crippen LogP contribution in [0.1, 0.15) is 51.0 Å². The Balaban J connectivity index is 1.70. The molecule has 0 atom stereocenters. The van der Waals surface area contributed by atoms with Gasteiger partial charge in [-0.05, 0) is 53.1 Å². The number of nitrogens with zero attached hydrogens (tertiary/aromatic N) is 1. The molecule has 1 aromatic heterocycles. The second kappa shape index (κ2) is 8.95. The molecule has 3 heteroatoms. The summed E-state index contributed by atoms with van der Waals surface area (Å²) in [5.41, 5.74) is 3.84. The normalized spacial score (nSPS) is 11.2. The molecule has 0 fully saturated rings. The van der Waals surface area contributed by atoms with E-state index in [-0.39, 0.29) is 0 Å². The van der Waals surface area contributed by atoms with Crippen LogP contribution < -0.4 is 0 Å². The van der Waals surface area contributed by atoms with Crippen molar-refractivity contribution in [1.29, 1.82) is 0 Å². The van der Waals surface area contributed by atoms with Gasteiger partial charge in [0.1, 0.15) is 5.01 Å². The van der Waals surface area contributed by atoms with Gasteiger partial charge in [0.25, 0.3) is 0 Å². The van der Waals surface area contributed by atoms with Crippen molar-refractivity contribution in [2.45, 2.75) is 51.9 Å². The van der Waals surface area contributed by atoms with Crippen LogP contribution >= 0.6 is 33.9 Å². The zero-order valence-corrected chi connectivity index (χ0v) is 17.2. The molecule has 0 saturated heterocycles. The molecule has 3 aromatic rings. The average Bonchev–Trinajstić information content (AvgIpc) is 3.01. The SMILES string of the molecule is CCCCCCCCc1cc2sc(-c3ccccc3)nc2cc1I. The third kappa shape index (κ3) is 4.57. The van der Waals surface area contributed by atoms with E-state index in [0.717, 1.165) is 10.5 Å². The first-order chi connectivity index (χ1) is 11.8. The van der Waals surface area contributed by atoms with Gasteiger partial charge in [0.05, 0.1) is 10.2 Å². The Bertz CT molecular complexity index is 779. The Kier molecular flexibility index (Phi) is 6.67. The molecule has 0 saturated carbocycles. The number of benzene rings is 2. The summed E-state index contributed by atoms with van der Waals surface area (Å²) in [6.07, 6.45) is 9.32. The molecular weight excluding hydrogens is 425 g/mol. The molecule has 0 aliphatic heterocycles. The summed E-state index contributed by atoms with van der Waals surface area (Å²) in [7, 11) is 0. The Morgan fingerprint density at radius 2 is 1.71 bits per heavy atom. The second-order valence-electron chi connectivity index (χ2n) is 6.31. The van der Waals surface area contributed by atoms with Crippen molar-refractivity contribution in [3.8, 4) is 10.6 Å². The summed E-state index contributed by atoms with van der Waals surface area (Å²) in [5, 5.41) is 1.12. The lowest BCUT2D eigenvalue weighted by atomic mass is 10.0. The van der Waals surface area contributed by atoms with E-state index in [1.165, 1.54) is 64.3 Å². The van der Waals surface area contributed by atoms with Crippen molar-refractivity contribution in [2.24, 2.45) is 0 Å². The lowest BCUT2D eigenvalue weighted by Gasteiger charge is -2.05. The van der Waals surface area contributed by atoms with Gasteiger partial charge < -0.3 is 0 Å². The van der Waals surface area contributed by atoms with E-state index in [2.05, 4.69) is 72.0 Å². The van der Waals surface area contributed by atoms with Gasteiger partial charge >= 0.3 is 0 Å². The number of fused-ring (bicyclic) bond motifs is 1. The standard InChI is InChI=1S/C21H24INS/c1-2-3-4-5-6-8-13-17-14-20-19(15-18(17)22)23-21(24-20)16-11-9-7-10-12-16/h7,9-12,14-15H,2-6,8,13H2,1H3. The number of hydrogen-bond acceptors (Lipinski definition) is 2. The van der Waals surface area contributed by atoms with E-state index < -0.39 is 0 Å². The van der Waals surface area contributed by atoms with Crippen LogP contribution in [0.25, 0.3) is 20.8 Å². The number of unbranched alkanes of at least 4 members (excludes halogenated alkanes) is 5. The summed E-state index contributed by atoms with van der Waals surface area (Å²) >= 11 is 4.28. The number of halogens is 1. The highest BCUT2D eigenvalue weighted by atomic mass is 127. The van der Waals surface area contributed by atoms with Crippen LogP contribution in [0.15, 0.2) is 42.5 Å². The number of aryl methyl sites for hydroxylation is 1. The maximum absolute atomic E-state index is 4.83. The highest BCUT2D eigenvalue weighted by Gasteiger charge is 2.09. The minimum atomic E-state index is 1.12. The van der Waals surface area contributed by atoms with Gasteiger partial charge in [-0.25, -0.2) is 4.98 Å². The topological polar surface area (TPSA) is 12.9 Å². The van der Waals surface area contributed by atoms with Gasteiger partial charge in [0.2, 0.25) is 0 Å². The third-order valence-corrected chi connectivity index (χ3v) is 6.45. The Hall–Kier alpha value is -0.940. The molecule has 2 aromatic carbocycles. The van der Waals surface area contributed by atoms with Crippen LogP contribution in [0.4, 0.5) is 0 Å². The van der Waals surface area contributed by atoms with E-state index >= 15 is 0 Å². The van der Waals surface area contributed by atoms with E-state index in [0.29, 0.717) is 0 Å². The third-order valence-electron chi connectivity index (χ3n) is 4.38. The summed E-state index contributed by atoms with van der Waals surface area (Å²) in [6, 6.07) is 15.1. The highest BCUT2D eigenvalue weighted by molar-refractivity contribution is 14.1. The molecule has 126 valence electrons. The first kappa shape index (κ1) is 17.9. The maximum Gasteiger partial charge on any atom is 0.124 e. The molecule has 24 heavy (non-hydrogen) atoms. The van der Waals surface area contributed by atoms with E-state index in [1.54, 1.807) is 0 Å². The predicted octanol–water partition coefficient (Wildman–Crippen LogP) is 7.47. The minimum Gasteiger partial charge on any atom is -0.236 e. The van der Waals surface area contributed by atoms with Crippen molar-refractivity contribution in [1.82, 2.24) is 4.98 Å². The molecule has 0 unspecified atom stereocenters. The molecule has 1 heterocycles. The van der Waals surface area contributed by atoms with E-state index in [4.69, 9.17) is 4.98 Å². The van der Waals surface area contributed by atoms with Gasteiger partial charge in [0.15, 0.2) is 0 Å². The highest BCUT2D eigenvalue weighted by Crippen LogP contribution is 2.32. The number of rotatable bonds is 8. The predicted molar refractivity (Wildman–Crippen MR) is 115 cm³/mol. The fraction of sp³-hybridized carbons (Fsp3) is 0.381. The minimum absolute atomic E-state index is 1.12. The number of thiazole rings is 1. The van der Waals surface area contributed by atoms with Crippen LogP contribution in [-0.4, -0.2) is 4.98 Å². The molecule has 0 aliphatic carbocycles. The molecule has 1 nitrogen and oxygen atoms in total. The van der Waals surface area contributed by atoms with Gasteiger partial charge in [-0.15, -0.1) is 11.3 Å². The van der Waals surface area contributed by atoms with Crippen molar-refractivity contribution in [3.63, 3.8) is 0 Å². The van der Waals surface area contributed by atoms with E-state index in [9.17, 15) is 0 Å². The van der Waals surface area contributed by atoms with Crippen molar-refractivity contribution in [3.05, 3.63) is 51.6 Å². The summed E-state index contributed by atoms with van der Waals surface area (Å²) in [4.78, 5) is 4.83. The van der Waals surface area contributed by atoms with Gasteiger partial charge in [-0.1, -0.05) is 69.4 Å². The monoisotopic (exact) mass is 449 g/mol. The van der Waals surface area contributed by atoms with Crippen LogP contribution in [0.5, 0.6) is 0 Å². The fourth-order valence-corrected chi connectivity index (χ4v) is 4.72. The zero-order chi connectivity index (χ0) is 16.8. The molecule has 0 spiro atoms. The molecule has 0 amide bonds. The van der Waals surface area contributed by atoms with Crippen LogP contribution in [0.3, 0.4) is 0 Å². The van der Waals surface area contributed by atoms with Crippen LogP contribution in [0.2, 0.25) is 0 Å². The quantitative estimate of drug-likeness (QED) is 0.257. The Morgan fingerprint density at radius 3 is 2.50 bits per heavy atom. The second-order valence-corrected chi connectivity index (χ2v) is 8.51. The van der Waals surface area contributed by atoms with Gasteiger partial charge in [0, 0.05) is 9.13 Å². The van der Waals surface area contributed by atoms with Crippen LogP contribution in [-0.2, 0) is 6.42 Å². The summed E-state index contributed by atoms with van der Waals surface area (Å²) in [5.74, 6) is 0. The molecule has 0 N–H and O–H groups in total. The fourth-order valence-electron chi connectivity index (χ4n) is 2.98. The molecule has 0 radical (unpaired) electrons. The Labute approximate surface area is 162 Å². The van der Waals surface area contributed by atoms with Crippen molar-refractivity contribution in [2.75, 3.05) is 0 Å². The zero-order valence-electron chi connectivity index (χ0n) is 14.2. The maximum atomic E-state index is 4.83. The first-order valence-electron chi connectivity index (χ1n) is 8.92. The van der Waals surface area contributed by atoms with Gasteiger partial charge in [-0.3, -0.25) is 0 Å². The lowest BCUT2D eigenvalue weighted by molar-refractivity contribution is 0.607. The lowest BCUT2D eigenvalue weighted by Crippen LogP contribution is -1.90.